The number of ether oxygens (including phenoxy) is 1. The topological polar surface area (TPSA) is 55.5 Å². The molecule has 2 bridgehead atoms. The minimum absolute atomic E-state index is 0.0175. The number of benzene rings is 1. The Labute approximate surface area is 127 Å². The smallest absolute Gasteiger partial charge is 0.122 e. The van der Waals surface area contributed by atoms with Crippen molar-refractivity contribution in [3.05, 3.63) is 29.3 Å². The van der Waals surface area contributed by atoms with Crippen LogP contribution in [0.3, 0.4) is 0 Å². The predicted molar refractivity (Wildman–Crippen MR) is 84.5 cm³/mol. The molecule has 0 amide bonds. The summed E-state index contributed by atoms with van der Waals surface area (Å²) in [5.41, 5.74) is 8.22. The molecule has 0 saturated heterocycles. The second-order valence-corrected chi connectivity index (χ2v) is 6.90. The lowest BCUT2D eigenvalue weighted by atomic mass is 9.77. The quantitative estimate of drug-likeness (QED) is 0.876. The lowest BCUT2D eigenvalue weighted by Gasteiger charge is -2.32. The number of fused-ring (bicyclic) bond motifs is 2. The van der Waals surface area contributed by atoms with Crippen molar-refractivity contribution in [3.63, 3.8) is 0 Å². The molecule has 3 rings (SSSR count). The number of methoxy groups -OCH3 is 1. The Bertz CT molecular complexity index is 502. The van der Waals surface area contributed by atoms with Crippen LogP contribution in [0, 0.1) is 24.7 Å². The summed E-state index contributed by atoms with van der Waals surface area (Å²) in [5.74, 6) is 2.89. The van der Waals surface area contributed by atoms with Gasteiger partial charge in [-0.05, 0) is 61.1 Å². The maximum atomic E-state index is 10.9. The molecule has 2 fully saturated rings. The van der Waals surface area contributed by atoms with Crippen molar-refractivity contribution < 1.29 is 9.84 Å². The van der Waals surface area contributed by atoms with Crippen LogP contribution < -0.4 is 10.5 Å². The van der Waals surface area contributed by atoms with Crippen LogP contribution in [-0.2, 0) is 0 Å². The number of aliphatic hydroxyl groups excluding tert-OH is 1. The third kappa shape index (κ3) is 2.69. The van der Waals surface area contributed by atoms with Gasteiger partial charge in [0, 0.05) is 12.5 Å². The molecule has 21 heavy (non-hydrogen) atoms. The van der Waals surface area contributed by atoms with Crippen LogP contribution in [0.25, 0.3) is 0 Å². The lowest BCUT2D eigenvalue weighted by Crippen LogP contribution is -2.35. The molecule has 5 atom stereocenters. The van der Waals surface area contributed by atoms with Gasteiger partial charge in [-0.3, -0.25) is 0 Å². The first-order valence-electron chi connectivity index (χ1n) is 8.16. The number of aliphatic hydroxyl groups is 1. The molecule has 0 aliphatic heterocycles. The Hall–Kier alpha value is -1.06. The zero-order valence-electron chi connectivity index (χ0n) is 13.1. The average Bonchev–Trinajstić information content (AvgIpc) is 3.12. The molecule has 3 N–H and O–H groups in total. The van der Waals surface area contributed by atoms with Gasteiger partial charge in [-0.25, -0.2) is 0 Å². The van der Waals surface area contributed by atoms with E-state index in [0.717, 1.165) is 22.8 Å². The van der Waals surface area contributed by atoms with E-state index in [9.17, 15) is 5.11 Å². The Kier molecular flexibility index (Phi) is 4.23. The Morgan fingerprint density at radius 1 is 1.33 bits per heavy atom. The minimum atomic E-state index is -0.322. The minimum Gasteiger partial charge on any atom is -0.496 e. The standard InChI is InChI=1S/C18H27NO2/c1-11-3-5-14(9-17(11)21-2)16(10-19)18(20)15-8-12-4-6-13(15)7-12/h3,5,9,12-13,15-16,18,20H,4,6-8,10,19H2,1-2H3. The maximum absolute atomic E-state index is 10.9. The van der Waals surface area contributed by atoms with Crippen LogP contribution >= 0.6 is 0 Å². The van der Waals surface area contributed by atoms with E-state index in [1.165, 1.54) is 25.7 Å². The summed E-state index contributed by atoms with van der Waals surface area (Å²) < 4.78 is 5.41. The second kappa shape index (κ2) is 5.98. The van der Waals surface area contributed by atoms with Crippen molar-refractivity contribution in [1.29, 1.82) is 0 Å². The first-order chi connectivity index (χ1) is 10.1. The molecule has 0 aromatic heterocycles. The van der Waals surface area contributed by atoms with Crippen LogP contribution in [0.5, 0.6) is 5.75 Å². The number of hydrogen-bond donors (Lipinski definition) is 2. The molecular weight excluding hydrogens is 262 g/mol. The molecule has 1 aromatic carbocycles. The van der Waals surface area contributed by atoms with E-state index >= 15 is 0 Å². The summed E-state index contributed by atoms with van der Waals surface area (Å²) >= 11 is 0. The normalized spacial score (nSPS) is 30.4. The Morgan fingerprint density at radius 3 is 2.71 bits per heavy atom. The lowest BCUT2D eigenvalue weighted by molar-refractivity contribution is 0.0532. The first-order valence-corrected chi connectivity index (χ1v) is 8.16. The molecule has 3 heteroatoms. The van der Waals surface area contributed by atoms with Crippen LogP contribution in [0.1, 0.15) is 42.7 Å². The number of aryl methyl sites for hydroxylation is 1. The van der Waals surface area contributed by atoms with Gasteiger partial charge in [0.1, 0.15) is 5.75 Å². The second-order valence-electron chi connectivity index (χ2n) is 6.90. The van der Waals surface area contributed by atoms with Crippen LogP contribution in [-0.4, -0.2) is 24.9 Å². The highest BCUT2D eigenvalue weighted by atomic mass is 16.5. The third-order valence-electron chi connectivity index (χ3n) is 5.76. The summed E-state index contributed by atoms with van der Waals surface area (Å²) in [6, 6.07) is 6.19. The summed E-state index contributed by atoms with van der Waals surface area (Å²) in [5, 5.41) is 10.9. The van der Waals surface area contributed by atoms with Crippen molar-refractivity contribution in [2.75, 3.05) is 13.7 Å². The Balaban J connectivity index is 1.81. The van der Waals surface area contributed by atoms with Gasteiger partial charge in [-0.1, -0.05) is 18.6 Å². The SMILES string of the molecule is COc1cc(C(CN)C(O)C2CC3CCC2C3)ccc1C. The number of rotatable bonds is 5. The van der Waals surface area contributed by atoms with Gasteiger partial charge < -0.3 is 15.6 Å². The maximum Gasteiger partial charge on any atom is 0.122 e. The van der Waals surface area contributed by atoms with Gasteiger partial charge in [0.05, 0.1) is 13.2 Å². The molecule has 1 aromatic rings. The van der Waals surface area contributed by atoms with Gasteiger partial charge in [0.15, 0.2) is 0 Å². The van der Waals surface area contributed by atoms with Crippen molar-refractivity contribution in [1.82, 2.24) is 0 Å². The van der Waals surface area contributed by atoms with Crippen molar-refractivity contribution in [3.8, 4) is 5.75 Å². The van der Waals surface area contributed by atoms with Crippen LogP contribution in [0.4, 0.5) is 0 Å². The molecule has 0 radical (unpaired) electrons. The highest BCUT2D eigenvalue weighted by Gasteiger charge is 2.44. The third-order valence-corrected chi connectivity index (χ3v) is 5.76. The molecule has 3 nitrogen and oxygen atoms in total. The predicted octanol–water partition coefficient (Wildman–Crippen LogP) is 2.84. The molecule has 0 spiro atoms. The van der Waals surface area contributed by atoms with E-state index < -0.39 is 0 Å². The van der Waals surface area contributed by atoms with Gasteiger partial charge in [-0.2, -0.15) is 0 Å². The Morgan fingerprint density at radius 2 is 2.14 bits per heavy atom. The number of nitrogens with two attached hydrogens (primary N) is 1. The average molecular weight is 289 g/mol. The molecule has 2 saturated carbocycles. The molecular formula is C18H27NO2. The van der Waals surface area contributed by atoms with Gasteiger partial charge >= 0.3 is 0 Å². The molecule has 2 aliphatic rings. The first kappa shape index (κ1) is 14.9. The van der Waals surface area contributed by atoms with Crippen LogP contribution in [0.15, 0.2) is 18.2 Å². The molecule has 2 aliphatic carbocycles. The van der Waals surface area contributed by atoms with E-state index in [1.807, 2.05) is 13.0 Å². The summed E-state index contributed by atoms with van der Waals surface area (Å²) in [6.45, 7) is 2.52. The monoisotopic (exact) mass is 289 g/mol. The van der Waals surface area contributed by atoms with E-state index in [2.05, 4.69) is 12.1 Å². The van der Waals surface area contributed by atoms with E-state index in [-0.39, 0.29) is 12.0 Å². The highest BCUT2D eigenvalue weighted by molar-refractivity contribution is 5.38. The fraction of sp³-hybridized carbons (Fsp3) is 0.667. The van der Waals surface area contributed by atoms with Gasteiger partial charge in [0.2, 0.25) is 0 Å². The summed E-state index contributed by atoms with van der Waals surface area (Å²) in [4.78, 5) is 0. The summed E-state index contributed by atoms with van der Waals surface area (Å²) in [6.07, 6.45) is 4.83. The van der Waals surface area contributed by atoms with Crippen LogP contribution in [0.2, 0.25) is 0 Å². The molecule has 116 valence electrons. The molecule has 5 unspecified atom stereocenters. The highest BCUT2D eigenvalue weighted by Crippen LogP contribution is 2.51. The fourth-order valence-corrected chi connectivity index (χ4v) is 4.55. The number of hydrogen-bond acceptors (Lipinski definition) is 3. The van der Waals surface area contributed by atoms with Crippen molar-refractivity contribution in [2.45, 2.75) is 44.6 Å². The van der Waals surface area contributed by atoms with Gasteiger partial charge in [0.25, 0.3) is 0 Å². The largest absolute Gasteiger partial charge is 0.496 e. The van der Waals surface area contributed by atoms with Gasteiger partial charge in [-0.15, -0.1) is 0 Å². The fourth-order valence-electron chi connectivity index (χ4n) is 4.55. The zero-order chi connectivity index (χ0) is 15.0. The molecule has 0 heterocycles. The van der Waals surface area contributed by atoms with E-state index in [0.29, 0.717) is 18.4 Å². The van der Waals surface area contributed by atoms with Crippen molar-refractivity contribution >= 4 is 0 Å². The van der Waals surface area contributed by atoms with E-state index in [4.69, 9.17) is 10.5 Å². The summed E-state index contributed by atoms with van der Waals surface area (Å²) in [7, 11) is 1.69. The van der Waals surface area contributed by atoms with Crippen molar-refractivity contribution in [2.24, 2.45) is 23.5 Å². The van der Waals surface area contributed by atoms with E-state index in [1.54, 1.807) is 7.11 Å². The zero-order valence-corrected chi connectivity index (χ0v) is 13.1.